The van der Waals surface area contributed by atoms with E-state index in [2.05, 4.69) is 5.32 Å². The zero-order valence-corrected chi connectivity index (χ0v) is 19.3. The van der Waals surface area contributed by atoms with Gasteiger partial charge in [-0.1, -0.05) is 25.1 Å². The van der Waals surface area contributed by atoms with Crippen molar-refractivity contribution in [3.05, 3.63) is 59.2 Å². The lowest BCUT2D eigenvalue weighted by atomic mass is 10.1. The van der Waals surface area contributed by atoms with Gasteiger partial charge in [0.15, 0.2) is 6.10 Å². The van der Waals surface area contributed by atoms with E-state index in [1.165, 1.54) is 23.4 Å². The number of esters is 1. The molecular weight excluding hydrogens is 432 g/mol. The fraction of sp³-hybridized carbons (Fsp3) is 0.391. The number of amides is 1. The molecule has 1 saturated heterocycles. The summed E-state index contributed by atoms with van der Waals surface area (Å²) in [5, 5.41) is 2.71. The number of aryl methyl sites for hydroxylation is 2. The van der Waals surface area contributed by atoms with Gasteiger partial charge in [0.25, 0.3) is 5.91 Å². The van der Waals surface area contributed by atoms with E-state index < -0.39 is 28.0 Å². The molecule has 0 aliphatic carbocycles. The minimum absolute atomic E-state index is 0.0435. The molecule has 32 heavy (non-hydrogen) atoms. The van der Waals surface area contributed by atoms with E-state index in [1.807, 2.05) is 19.1 Å². The van der Waals surface area contributed by atoms with Crippen LogP contribution in [-0.4, -0.2) is 57.0 Å². The molecule has 0 radical (unpaired) electrons. The number of ether oxygens (including phenoxy) is 2. The molecule has 2 aromatic rings. The number of carbonyl (C=O) groups is 2. The van der Waals surface area contributed by atoms with E-state index in [0.717, 1.165) is 12.0 Å². The van der Waals surface area contributed by atoms with Gasteiger partial charge in [-0.15, -0.1) is 0 Å². The van der Waals surface area contributed by atoms with Crippen molar-refractivity contribution in [2.75, 3.05) is 31.6 Å². The summed E-state index contributed by atoms with van der Waals surface area (Å²) in [5.41, 5.74) is 2.33. The summed E-state index contributed by atoms with van der Waals surface area (Å²) in [4.78, 5) is 25.1. The Morgan fingerprint density at radius 2 is 1.78 bits per heavy atom. The first kappa shape index (κ1) is 23.9. The second-order valence-electron chi connectivity index (χ2n) is 7.58. The highest BCUT2D eigenvalue weighted by Gasteiger charge is 2.29. The fourth-order valence-electron chi connectivity index (χ4n) is 3.28. The van der Waals surface area contributed by atoms with Crippen molar-refractivity contribution in [1.82, 2.24) is 4.31 Å². The predicted molar refractivity (Wildman–Crippen MR) is 120 cm³/mol. The van der Waals surface area contributed by atoms with Crippen LogP contribution in [0.25, 0.3) is 0 Å². The van der Waals surface area contributed by atoms with Crippen molar-refractivity contribution < 1.29 is 27.5 Å². The fourth-order valence-corrected chi connectivity index (χ4v) is 4.94. The molecule has 2 aromatic carbocycles. The zero-order valence-electron chi connectivity index (χ0n) is 18.5. The lowest BCUT2D eigenvalue weighted by Crippen LogP contribution is -2.40. The summed E-state index contributed by atoms with van der Waals surface area (Å²) in [6.07, 6.45) is -0.170. The Morgan fingerprint density at radius 1 is 1.12 bits per heavy atom. The Hall–Kier alpha value is -2.75. The first-order valence-corrected chi connectivity index (χ1v) is 12.0. The van der Waals surface area contributed by atoms with Crippen LogP contribution in [0.3, 0.4) is 0 Å². The third kappa shape index (κ3) is 5.53. The van der Waals surface area contributed by atoms with Crippen LogP contribution in [0.4, 0.5) is 5.69 Å². The maximum absolute atomic E-state index is 13.0. The lowest BCUT2D eigenvalue weighted by Gasteiger charge is -2.26. The number of nitrogens with zero attached hydrogens (tertiary/aromatic N) is 1. The van der Waals surface area contributed by atoms with Crippen LogP contribution < -0.4 is 5.32 Å². The molecule has 0 aromatic heterocycles. The van der Waals surface area contributed by atoms with Gasteiger partial charge in [-0.2, -0.15) is 4.31 Å². The third-order valence-electron chi connectivity index (χ3n) is 5.29. The van der Waals surface area contributed by atoms with Crippen molar-refractivity contribution in [3.8, 4) is 0 Å². The molecule has 0 bridgehead atoms. The normalized spacial score (nSPS) is 15.7. The summed E-state index contributed by atoms with van der Waals surface area (Å²) in [6.45, 7) is 6.34. The van der Waals surface area contributed by atoms with Crippen molar-refractivity contribution in [2.45, 2.75) is 38.2 Å². The number of nitrogens with one attached hydrogen (secondary N) is 1. The van der Waals surface area contributed by atoms with Crippen molar-refractivity contribution in [1.29, 1.82) is 0 Å². The van der Waals surface area contributed by atoms with Gasteiger partial charge in [-0.3, -0.25) is 4.79 Å². The SMILES string of the molecule is CCc1ccc(NC(=O)C(C)OC(=O)c2ccc(C)c(S(=O)(=O)N3CCOCC3)c2)cc1. The minimum Gasteiger partial charge on any atom is -0.449 e. The summed E-state index contributed by atoms with van der Waals surface area (Å²) < 4.78 is 37.9. The monoisotopic (exact) mass is 460 g/mol. The van der Waals surface area contributed by atoms with Gasteiger partial charge in [0.05, 0.1) is 23.7 Å². The Balaban J connectivity index is 1.70. The molecule has 1 N–H and O–H groups in total. The Labute approximate surface area is 188 Å². The van der Waals surface area contributed by atoms with Crippen molar-refractivity contribution >= 4 is 27.6 Å². The van der Waals surface area contributed by atoms with Crippen LogP contribution in [0.5, 0.6) is 0 Å². The molecule has 1 amide bonds. The van der Waals surface area contributed by atoms with Gasteiger partial charge in [-0.05, 0) is 55.7 Å². The summed E-state index contributed by atoms with van der Waals surface area (Å²) in [6, 6.07) is 11.7. The van der Waals surface area contributed by atoms with Crippen molar-refractivity contribution in [2.24, 2.45) is 0 Å². The van der Waals surface area contributed by atoms with E-state index >= 15 is 0 Å². The van der Waals surface area contributed by atoms with E-state index in [1.54, 1.807) is 25.1 Å². The average Bonchev–Trinajstić information content (AvgIpc) is 2.80. The number of anilines is 1. The Kier molecular flexibility index (Phi) is 7.65. The zero-order chi connectivity index (χ0) is 23.3. The summed E-state index contributed by atoms with van der Waals surface area (Å²) >= 11 is 0. The maximum Gasteiger partial charge on any atom is 0.338 e. The molecular formula is C23H28N2O6S. The number of carbonyl (C=O) groups excluding carboxylic acids is 2. The molecule has 8 nitrogen and oxygen atoms in total. The van der Waals surface area contributed by atoms with E-state index in [-0.39, 0.29) is 23.5 Å². The molecule has 1 aliphatic rings. The van der Waals surface area contributed by atoms with Gasteiger partial charge in [-0.25, -0.2) is 13.2 Å². The third-order valence-corrected chi connectivity index (χ3v) is 7.34. The van der Waals surface area contributed by atoms with E-state index in [4.69, 9.17) is 9.47 Å². The number of sulfonamides is 1. The van der Waals surface area contributed by atoms with Gasteiger partial charge < -0.3 is 14.8 Å². The van der Waals surface area contributed by atoms with Gasteiger partial charge in [0, 0.05) is 18.8 Å². The highest BCUT2D eigenvalue weighted by molar-refractivity contribution is 7.89. The predicted octanol–water partition coefficient (Wildman–Crippen LogP) is 2.76. The Bertz CT molecular complexity index is 1080. The van der Waals surface area contributed by atoms with E-state index in [9.17, 15) is 18.0 Å². The van der Waals surface area contributed by atoms with Crippen LogP contribution >= 0.6 is 0 Å². The average molecular weight is 461 g/mol. The number of hydrogen-bond acceptors (Lipinski definition) is 6. The lowest BCUT2D eigenvalue weighted by molar-refractivity contribution is -0.123. The number of morpholine rings is 1. The summed E-state index contributed by atoms with van der Waals surface area (Å²) in [7, 11) is -3.77. The quantitative estimate of drug-likeness (QED) is 0.638. The van der Waals surface area contributed by atoms with E-state index in [0.29, 0.717) is 24.5 Å². The molecule has 1 fully saturated rings. The highest BCUT2D eigenvalue weighted by Crippen LogP contribution is 2.23. The van der Waals surface area contributed by atoms with Crippen LogP contribution in [-0.2, 0) is 30.7 Å². The number of rotatable bonds is 7. The molecule has 1 atom stereocenters. The highest BCUT2D eigenvalue weighted by atomic mass is 32.2. The van der Waals surface area contributed by atoms with Gasteiger partial charge in [0.2, 0.25) is 10.0 Å². The standard InChI is InChI=1S/C23H28N2O6S/c1-4-18-6-9-20(10-7-18)24-22(26)17(3)31-23(27)19-8-5-16(2)21(15-19)32(28,29)25-11-13-30-14-12-25/h5-10,15,17H,4,11-14H2,1-3H3,(H,24,26). The smallest absolute Gasteiger partial charge is 0.338 e. The molecule has 9 heteroatoms. The van der Waals surface area contributed by atoms with Crippen LogP contribution in [0.1, 0.15) is 35.3 Å². The molecule has 0 saturated carbocycles. The van der Waals surface area contributed by atoms with Crippen LogP contribution in [0, 0.1) is 6.92 Å². The minimum atomic E-state index is -3.77. The van der Waals surface area contributed by atoms with Gasteiger partial charge >= 0.3 is 5.97 Å². The summed E-state index contributed by atoms with van der Waals surface area (Å²) in [5.74, 6) is -1.25. The van der Waals surface area contributed by atoms with Gasteiger partial charge in [0.1, 0.15) is 0 Å². The van der Waals surface area contributed by atoms with Crippen LogP contribution in [0.2, 0.25) is 0 Å². The molecule has 172 valence electrons. The maximum atomic E-state index is 13.0. The molecule has 3 rings (SSSR count). The Morgan fingerprint density at radius 3 is 2.41 bits per heavy atom. The second-order valence-corrected chi connectivity index (χ2v) is 9.49. The topological polar surface area (TPSA) is 102 Å². The first-order chi connectivity index (χ1) is 15.2. The number of hydrogen-bond donors (Lipinski definition) is 1. The molecule has 0 spiro atoms. The molecule has 1 aliphatic heterocycles. The molecule has 1 unspecified atom stereocenters. The van der Waals surface area contributed by atoms with Crippen LogP contribution in [0.15, 0.2) is 47.4 Å². The first-order valence-electron chi connectivity index (χ1n) is 10.5. The molecule has 1 heterocycles. The van der Waals surface area contributed by atoms with Crippen molar-refractivity contribution in [3.63, 3.8) is 0 Å². The largest absolute Gasteiger partial charge is 0.449 e. The second kappa shape index (κ2) is 10.2. The number of benzene rings is 2.